The molecule has 2 saturated carbocycles. The van der Waals surface area contributed by atoms with Gasteiger partial charge in [-0.15, -0.1) is 0 Å². The van der Waals surface area contributed by atoms with Gasteiger partial charge in [0.2, 0.25) is 0 Å². The van der Waals surface area contributed by atoms with Crippen molar-refractivity contribution in [1.29, 1.82) is 0 Å². The molecule has 118 valence electrons. The van der Waals surface area contributed by atoms with Crippen LogP contribution in [0.1, 0.15) is 58.8 Å². The Morgan fingerprint density at radius 2 is 2.05 bits per heavy atom. The summed E-state index contributed by atoms with van der Waals surface area (Å²) in [6, 6.07) is 0. The van der Waals surface area contributed by atoms with E-state index in [0.717, 1.165) is 25.3 Å². The van der Waals surface area contributed by atoms with E-state index in [-0.39, 0.29) is 5.54 Å². The van der Waals surface area contributed by atoms with E-state index < -0.39 is 0 Å². The van der Waals surface area contributed by atoms with E-state index in [9.17, 15) is 5.11 Å². The Morgan fingerprint density at radius 3 is 2.65 bits per heavy atom. The van der Waals surface area contributed by atoms with Crippen LogP contribution in [0.3, 0.4) is 0 Å². The van der Waals surface area contributed by atoms with Gasteiger partial charge in [-0.2, -0.15) is 0 Å². The van der Waals surface area contributed by atoms with Crippen LogP contribution in [0.2, 0.25) is 0 Å². The molecule has 2 aliphatic rings. The van der Waals surface area contributed by atoms with Gasteiger partial charge in [-0.05, 0) is 70.0 Å². The second-order valence-corrected chi connectivity index (χ2v) is 6.96. The maximum absolute atomic E-state index is 9.92. The van der Waals surface area contributed by atoms with Crippen molar-refractivity contribution in [3.05, 3.63) is 0 Å². The summed E-state index contributed by atoms with van der Waals surface area (Å²) in [7, 11) is 0. The second kappa shape index (κ2) is 7.77. The first-order valence-corrected chi connectivity index (χ1v) is 8.82. The molecule has 0 amide bonds. The number of nitrogens with one attached hydrogen (secondary N) is 1. The Balaban J connectivity index is 1.82. The van der Waals surface area contributed by atoms with Crippen LogP contribution in [0, 0.1) is 11.8 Å². The van der Waals surface area contributed by atoms with Gasteiger partial charge in [-0.25, -0.2) is 0 Å². The summed E-state index contributed by atoms with van der Waals surface area (Å²) in [6.45, 7) is 9.54. The summed E-state index contributed by atoms with van der Waals surface area (Å²) >= 11 is 0. The minimum atomic E-state index is 0.0228. The van der Waals surface area contributed by atoms with Crippen LogP contribution in [-0.2, 0) is 0 Å². The van der Waals surface area contributed by atoms with Gasteiger partial charge < -0.3 is 15.3 Å². The van der Waals surface area contributed by atoms with E-state index >= 15 is 0 Å². The van der Waals surface area contributed by atoms with Crippen LogP contribution in [0.5, 0.6) is 0 Å². The van der Waals surface area contributed by atoms with Gasteiger partial charge in [0.05, 0.1) is 6.61 Å². The molecule has 2 N–H and O–H groups in total. The van der Waals surface area contributed by atoms with E-state index in [2.05, 4.69) is 24.1 Å². The Bertz CT molecular complexity index is 280. The monoisotopic (exact) mass is 282 g/mol. The number of aliphatic hydroxyl groups excluding tert-OH is 1. The third kappa shape index (κ3) is 4.19. The molecule has 3 heteroatoms. The van der Waals surface area contributed by atoms with Crippen LogP contribution in [0.25, 0.3) is 0 Å². The molecule has 3 nitrogen and oxygen atoms in total. The number of aliphatic hydroxyl groups is 1. The fraction of sp³-hybridized carbons (Fsp3) is 1.00. The van der Waals surface area contributed by atoms with Crippen molar-refractivity contribution in [3.8, 4) is 0 Å². The summed E-state index contributed by atoms with van der Waals surface area (Å²) in [4.78, 5) is 2.62. The molecule has 0 aromatic heterocycles. The SMILES string of the molecule is CCCNC1(CO)CCCC1CCN(CC)CC1CC1. The molecule has 0 aliphatic heterocycles. The van der Waals surface area contributed by atoms with Gasteiger partial charge in [0.25, 0.3) is 0 Å². The van der Waals surface area contributed by atoms with Crippen LogP contribution in [0.15, 0.2) is 0 Å². The lowest BCUT2D eigenvalue weighted by Gasteiger charge is -2.36. The molecule has 0 radical (unpaired) electrons. The van der Waals surface area contributed by atoms with Gasteiger partial charge in [-0.3, -0.25) is 0 Å². The van der Waals surface area contributed by atoms with E-state index in [1.807, 2.05) is 0 Å². The number of hydrogen-bond acceptors (Lipinski definition) is 3. The van der Waals surface area contributed by atoms with Gasteiger partial charge in [0.15, 0.2) is 0 Å². The first kappa shape index (κ1) is 16.3. The molecule has 0 spiro atoms. The van der Waals surface area contributed by atoms with E-state index in [1.165, 1.54) is 51.7 Å². The first-order chi connectivity index (χ1) is 9.74. The number of nitrogens with zero attached hydrogens (tertiary/aromatic N) is 1. The Hall–Kier alpha value is -0.120. The van der Waals surface area contributed by atoms with Gasteiger partial charge in [0.1, 0.15) is 0 Å². The summed E-state index contributed by atoms with van der Waals surface area (Å²) in [5.74, 6) is 1.65. The van der Waals surface area contributed by atoms with Crippen molar-refractivity contribution >= 4 is 0 Å². The molecule has 2 aliphatic carbocycles. The summed E-state index contributed by atoms with van der Waals surface area (Å²) in [6.07, 6.45) is 9.00. The first-order valence-electron chi connectivity index (χ1n) is 8.82. The summed E-state index contributed by atoms with van der Waals surface area (Å²) in [5, 5.41) is 13.6. The lowest BCUT2D eigenvalue weighted by molar-refractivity contribution is 0.111. The van der Waals surface area contributed by atoms with Crippen molar-refractivity contribution in [2.45, 2.75) is 64.3 Å². The average molecular weight is 282 g/mol. The van der Waals surface area contributed by atoms with Crippen molar-refractivity contribution in [2.24, 2.45) is 11.8 Å². The molecule has 2 unspecified atom stereocenters. The fourth-order valence-corrected chi connectivity index (χ4v) is 3.82. The average Bonchev–Trinajstić information content (AvgIpc) is 3.20. The lowest BCUT2D eigenvalue weighted by atomic mass is 9.85. The quantitative estimate of drug-likeness (QED) is 0.646. The third-order valence-electron chi connectivity index (χ3n) is 5.42. The van der Waals surface area contributed by atoms with E-state index in [4.69, 9.17) is 0 Å². The molecule has 0 aromatic carbocycles. The second-order valence-electron chi connectivity index (χ2n) is 6.96. The Kier molecular flexibility index (Phi) is 6.31. The molecular formula is C17H34N2O. The van der Waals surface area contributed by atoms with Crippen molar-refractivity contribution < 1.29 is 5.11 Å². The zero-order valence-corrected chi connectivity index (χ0v) is 13.5. The minimum Gasteiger partial charge on any atom is -0.394 e. The molecular weight excluding hydrogens is 248 g/mol. The summed E-state index contributed by atoms with van der Waals surface area (Å²) in [5.41, 5.74) is 0.0228. The molecule has 2 atom stereocenters. The molecule has 2 fully saturated rings. The van der Waals surface area contributed by atoms with Gasteiger partial charge >= 0.3 is 0 Å². The van der Waals surface area contributed by atoms with Crippen molar-refractivity contribution in [2.75, 3.05) is 32.8 Å². The molecule has 0 saturated heterocycles. The zero-order chi connectivity index (χ0) is 14.4. The highest BCUT2D eigenvalue weighted by Crippen LogP contribution is 2.38. The van der Waals surface area contributed by atoms with Crippen LogP contribution < -0.4 is 5.32 Å². The van der Waals surface area contributed by atoms with Crippen molar-refractivity contribution in [1.82, 2.24) is 10.2 Å². The third-order valence-corrected chi connectivity index (χ3v) is 5.42. The van der Waals surface area contributed by atoms with E-state index in [1.54, 1.807) is 0 Å². The van der Waals surface area contributed by atoms with Gasteiger partial charge in [-0.1, -0.05) is 20.3 Å². The summed E-state index contributed by atoms with van der Waals surface area (Å²) < 4.78 is 0. The maximum atomic E-state index is 9.92. The standard InChI is InChI=1S/C17H34N2O/c1-3-11-18-17(14-20)10-5-6-16(17)9-12-19(4-2)13-15-7-8-15/h15-16,18,20H,3-14H2,1-2H3. The lowest BCUT2D eigenvalue weighted by Crippen LogP contribution is -2.52. The smallest absolute Gasteiger partial charge is 0.0616 e. The Labute approximate surface area is 125 Å². The van der Waals surface area contributed by atoms with Gasteiger partial charge in [0, 0.05) is 12.1 Å². The molecule has 0 aromatic rings. The minimum absolute atomic E-state index is 0.0228. The number of hydrogen-bond donors (Lipinski definition) is 2. The fourth-order valence-electron chi connectivity index (χ4n) is 3.82. The molecule has 0 heterocycles. The molecule has 2 rings (SSSR count). The van der Waals surface area contributed by atoms with E-state index in [0.29, 0.717) is 12.5 Å². The van der Waals surface area contributed by atoms with Crippen LogP contribution in [-0.4, -0.2) is 48.3 Å². The molecule has 0 bridgehead atoms. The van der Waals surface area contributed by atoms with Crippen molar-refractivity contribution in [3.63, 3.8) is 0 Å². The number of rotatable bonds is 10. The maximum Gasteiger partial charge on any atom is 0.0616 e. The predicted molar refractivity (Wildman–Crippen MR) is 84.9 cm³/mol. The Morgan fingerprint density at radius 1 is 1.25 bits per heavy atom. The highest BCUT2D eigenvalue weighted by Gasteiger charge is 2.41. The topological polar surface area (TPSA) is 35.5 Å². The highest BCUT2D eigenvalue weighted by atomic mass is 16.3. The molecule has 20 heavy (non-hydrogen) atoms. The largest absolute Gasteiger partial charge is 0.394 e. The predicted octanol–water partition coefficient (Wildman–Crippen LogP) is 2.64. The zero-order valence-electron chi connectivity index (χ0n) is 13.5. The van der Waals surface area contributed by atoms with Crippen LogP contribution >= 0.6 is 0 Å². The normalized spacial score (nSPS) is 30.3. The van der Waals surface area contributed by atoms with Crippen LogP contribution in [0.4, 0.5) is 0 Å². The highest BCUT2D eigenvalue weighted by molar-refractivity contribution is 4.99.